The van der Waals surface area contributed by atoms with Gasteiger partial charge in [0.25, 0.3) is 5.82 Å². The zero-order valence-electron chi connectivity index (χ0n) is 15.9. The second kappa shape index (κ2) is 7.63. The fraction of sp³-hybridized carbons (Fsp3) is 0.0909. The molecular formula is C22H19FN3O3+. The van der Waals surface area contributed by atoms with Crippen LogP contribution in [0, 0.1) is 5.82 Å². The number of halogens is 1. The van der Waals surface area contributed by atoms with Crippen molar-refractivity contribution in [3.05, 3.63) is 78.2 Å². The molecule has 0 fully saturated rings. The van der Waals surface area contributed by atoms with Crippen molar-refractivity contribution in [1.29, 1.82) is 0 Å². The summed E-state index contributed by atoms with van der Waals surface area (Å²) in [4.78, 5) is 16.4. The van der Waals surface area contributed by atoms with Crippen LogP contribution in [0.25, 0.3) is 16.9 Å². The van der Waals surface area contributed by atoms with Crippen LogP contribution in [0.3, 0.4) is 0 Å². The highest BCUT2D eigenvalue weighted by Gasteiger charge is 2.25. The summed E-state index contributed by atoms with van der Waals surface area (Å²) < 4.78 is 25.9. The Morgan fingerprint density at radius 2 is 1.79 bits per heavy atom. The number of anilines is 1. The van der Waals surface area contributed by atoms with Crippen LogP contribution in [0.5, 0.6) is 11.5 Å². The first-order chi connectivity index (χ1) is 14.1. The Bertz CT molecular complexity index is 1190. The van der Waals surface area contributed by atoms with Crippen molar-refractivity contribution < 1.29 is 23.1 Å². The number of imidazole rings is 1. The van der Waals surface area contributed by atoms with Crippen LogP contribution >= 0.6 is 0 Å². The van der Waals surface area contributed by atoms with Gasteiger partial charge in [0.15, 0.2) is 17.2 Å². The van der Waals surface area contributed by atoms with E-state index in [-0.39, 0.29) is 11.7 Å². The van der Waals surface area contributed by atoms with Crippen LogP contribution in [0.1, 0.15) is 10.4 Å². The molecule has 0 spiro atoms. The molecule has 0 aliphatic rings. The van der Waals surface area contributed by atoms with E-state index in [0.29, 0.717) is 28.6 Å². The van der Waals surface area contributed by atoms with Gasteiger partial charge in [0.05, 0.1) is 20.4 Å². The van der Waals surface area contributed by atoms with Gasteiger partial charge in [-0.05, 0) is 42.5 Å². The van der Waals surface area contributed by atoms with Gasteiger partial charge in [0.1, 0.15) is 11.4 Å². The lowest BCUT2D eigenvalue weighted by atomic mass is 10.1. The maximum atomic E-state index is 13.4. The van der Waals surface area contributed by atoms with Gasteiger partial charge in [0, 0.05) is 11.6 Å². The predicted molar refractivity (Wildman–Crippen MR) is 107 cm³/mol. The van der Waals surface area contributed by atoms with Gasteiger partial charge in [0.2, 0.25) is 5.65 Å². The molecule has 4 aromatic rings. The van der Waals surface area contributed by atoms with Crippen LogP contribution < -0.4 is 19.2 Å². The van der Waals surface area contributed by atoms with Gasteiger partial charge in [-0.3, -0.25) is 9.78 Å². The number of carbonyl (C=O) groups is 1. The molecule has 0 atom stereocenters. The first-order valence-corrected chi connectivity index (χ1v) is 8.93. The highest BCUT2D eigenvalue weighted by molar-refractivity contribution is 6.07. The summed E-state index contributed by atoms with van der Waals surface area (Å²) >= 11 is 0. The van der Waals surface area contributed by atoms with Crippen molar-refractivity contribution in [2.24, 2.45) is 0 Å². The number of methoxy groups -OCH3 is 2. The van der Waals surface area contributed by atoms with Crippen LogP contribution in [0.15, 0.2) is 66.9 Å². The molecular weight excluding hydrogens is 373 g/mol. The van der Waals surface area contributed by atoms with Crippen molar-refractivity contribution in [2.75, 3.05) is 19.5 Å². The van der Waals surface area contributed by atoms with E-state index in [1.54, 1.807) is 30.3 Å². The third kappa shape index (κ3) is 3.38. The molecule has 0 saturated heterocycles. The Morgan fingerprint density at radius 1 is 1.00 bits per heavy atom. The van der Waals surface area contributed by atoms with E-state index < -0.39 is 0 Å². The number of carbonyl (C=O) groups excluding carboxylic acids is 1. The maximum absolute atomic E-state index is 13.4. The number of hydrogen-bond acceptors (Lipinski definition) is 3. The minimum atomic E-state index is -0.360. The number of aromatic amines is 1. The number of H-pyrrole nitrogens is 1. The summed E-state index contributed by atoms with van der Waals surface area (Å²) in [5, 5.41) is 2.95. The minimum absolute atomic E-state index is 0.329. The van der Waals surface area contributed by atoms with E-state index in [1.807, 2.05) is 28.8 Å². The zero-order chi connectivity index (χ0) is 20.4. The van der Waals surface area contributed by atoms with Crippen molar-refractivity contribution in [2.45, 2.75) is 0 Å². The molecule has 0 aliphatic heterocycles. The highest BCUT2D eigenvalue weighted by atomic mass is 19.1. The lowest BCUT2D eigenvalue weighted by Gasteiger charge is -2.11. The van der Waals surface area contributed by atoms with E-state index >= 15 is 0 Å². The Labute approximate surface area is 166 Å². The van der Waals surface area contributed by atoms with Gasteiger partial charge in [-0.1, -0.05) is 12.1 Å². The number of ether oxygens (including phenoxy) is 2. The molecule has 2 aromatic carbocycles. The van der Waals surface area contributed by atoms with Crippen LogP contribution in [0.4, 0.5) is 10.2 Å². The summed E-state index contributed by atoms with van der Waals surface area (Å²) in [6.45, 7) is 0. The molecule has 0 radical (unpaired) electrons. The number of hydrogen-bond donors (Lipinski definition) is 2. The summed E-state index contributed by atoms with van der Waals surface area (Å²) in [7, 11) is 3.00. The molecule has 146 valence electrons. The second-order valence-electron chi connectivity index (χ2n) is 6.31. The molecule has 7 heteroatoms. The number of fused-ring (bicyclic) bond motifs is 1. The third-order valence-corrected chi connectivity index (χ3v) is 4.60. The van der Waals surface area contributed by atoms with E-state index in [9.17, 15) is 9.18 Å². The van der Waals surface area contributed by atoms with Crippen molar-refractivity contribution in [3.8, 4) is 22.8 Å². The van der Waals surface area contributed by atoms with Gasteiger partial charge >= 0.3 is 5.91 Å². The van der Waals surface area contributed by atoms with E-state index in [2.05, 4.69) is 10.3 Å². The molecule has 2 aromatic heterocycles. The van der Waals surface area contributed by atoms with Gasteiger partial charge in [-0.25, -0.2) is 14.1 Å². The normalized spacial score (nSPS) is 10.7. The molecule has 4 rings (SSSR count). The fourth-order valence-electron chi connectivity index (χ4n) is 3.24. The standard InChI is InChI=1S/C22H18FN3O3/c1-28-17-7-5-6-16(20(17)29-2)22(27)25-21-19(14-9-11-15(23)12-10-14)24-18-8-3-4-13-26(18)21/h3-13H,1-2H3,(H,25,27)/p+1. The Hall–Kier alpha value is -3.87. The molecule has 1 amide bonds. The number of nitrogens with zero attached hydrogens (tertiary/aromatic N) is 1. The number of benzene rings is 2. The Kier molecular flexibility index (Phi) is 4.87. The largest absolute Gasteiger partial charge is 0.493 e. The second-order valence-corrected chi connectivity index (χ2v) is 6.31. The summed E-state index contributed by atoms with van der Waals surface area (Å²) in [6.07, 6.45) is 1.83. The predicted octanol–water partition coefficient (Wildman–Crippen LogP) is 3.83. The van der Waals surface area contributed by atoms with Crippen LogP contribution in [-0.2, 0) is 0 Å². The summed E-state index contributed by atoms with van der Waals surface area (Å²) in [5.74, 6) is 0.652. The maximum Gasteiger partial charge on any atom is 0.315 e. The smallest absolute Gasteiger partial charge is 0.315 e. The van der Waals surface area contributed by atoms with Gasteiger partial charge < -0.3 is 9.47 Å². The molecule has 29 heavy (non-hydrogen) atoms. The van der Waals surface area contributed by atoms with Crippen molar-refractivity contribution >= 4 is 17.4 Å². The average molecular weight is 392 g/mol. The zero-order valence-corrected chi connectivity index (χ0v) is 15.9. The van der Waals surface area contributed by atoms with Gasteiger partial charge in [-0.2, -0.15) is 0 Å². The van der Waals surface area contributed by atoms with E-state index in [4.69, 9.17) is 9.47 Å². The fourth-order valence-corrected chi connectivity index (χ4v) is 3.24. The SMILES string of the molecule is COc1cccc(C(=O)Nc2c(-c3ccc(F)cc3)[nH]c3cccc[n+]23)c1OC. The molecule has 0 aliphatic carbocycles. The average Bonchev–Trinajstić information content (AvgIpc) is 3.12. The molecule has 0 unspecified atom stereocenters. The van der Waals surface area contributed by atoms with Crippen LogP contribution in [-0.4, -0.2) is 25.1 Å². The summed E-state index contributed by atoms with van der Waals surface area (Å²) in [5.41, 5.74) is 2.51. The highest BCUT2D eigenvalue weighted by Crippen LogP contribution is 2.32. The van der Waals surface area contributed by atoms with Crippen LogP contribution in [0.2, 0.25) is 0 Å². The van der Waals surface area contributed by atoms with Crippen molar-refractivity contribution in [1.82, 2.24) is 4.98 Å². The first kappa shape index (κ1) is 18.5. The topological polar surface area (TPSA) is 67.5 Å². The van der Waals surface area contributed by atoms with Gasteiger partial charge in [-0.15, -0.1) is 0 Å². The summed E-state index contributed by atoms with van der Waals surface area (Å²) in [6, 6.07) is 16.8. The quantitative estimate of drug-likeness (QED) is 0.507. The monoisotopic (exact) mass is 392 g/mol. The number of rotatable bonds is 5. The third-order valence-electron chi connectivity index (χ3n) is 4.60. The van der Waals surface area contributed by atoms with E-state index in [1.165, 1.54) is 26.4 Å². The number of para-hydroxylation sites is 1. The Morgan fingerprint density at radius 3 is 2.52 bits per heavy atom. The molecule has 0 bridgehead atoms. The lowest BCUT2D eigenvalue weighted by Crippen LogP contribution is -2.27. The number of nitrogens with one attached hydrogen (secondary N) is 2. The first-order valence-electron chi connectivity index (χ1n) is 8.93. The number of amides is 1. The molecule has 6 nitrogen and oxygen atoms in total. The molecule has 2 N–H and O–H groups in total. The minimum Gasteiger partial charge on any atom is -0.493 e. The number of aromatic nitrogens is 2. The molecule has 2 heterocycles. The lowest BCUT2D eigenvalue weighted by molar-refractivity contribution is -0.493. The van der Waals surface area contributed by atoms with Crippen molar-refractivity contribution in [3.63, 3.8) is 0 Å². The molecule has 0 saturated carbocycles. The number of pyridine rings is 1. The Balaban J connectivity index is 1.81. The van der Waals surface area contributed by atoms with E-state index in [0.717, 1.165) is 11.2 Å².